The third-order valence-corrected chi connectivity index (χ3v) is 8.91. The van der Waals surface area contributed by atoms with Crippen LogP contribution >= 0.6 is 0 Å². The summed E-state index contributed by atoms with van der Waals surface area (Å²) < 4.78 is 0. The van der Waals surface area contributed by atoms with Crippen molar-refractivity contribution in [2.75, 3.05) is 24.5 Å². The number of rotatable bonds is 9. The lowest BCUT2D eigenvalue weighted by atomic mass is 9.75. The zero-order valence-electron chi connectivity index (χ0n) is 23.0. The Kier molecular flexibility index (Phi) is 9.06. The number of anilines is 1. The zero-order valence-corrected chi connectivity index (χ0v) is 23.0. The maximum atomic E-state index is 13.8. The minimum absolute atomic E-state index is 0.102. The number of ketones is 1. The van der Waals surface area contributed by atoms with Crippen molar-refractivity contribution in [3.05, 3.63) is 71.1 Å². The topological polar surface area (TPSA) is 53.5 Å². The van der Waals surface area contributed by atoms with E-state index in [0.717, 1.165) is 41.8 Å². The summed E-state index contributed by atoms with van der Waals surface area (Å²) in [6.45, 7) is 5.85. The summed E-state index contributed by atoms with van der Waals surface area (Å²) in [5.41, 5.74) is 4.85. The van der Waals surface area contributed by atoms with Crippen molar-refractivity contribution in [3.63, 3.8) is 0 Å². The van der Waals surface area contributed by atoms with Crippen molar-refractivity contribution >= 4 is 17.4 Å². The highest BCUT2D eigenvalue weighted by atomic mass is 16.2. The smallest absolute Gasteiger partial charge is 0.254 e. The van der Waals surface area contributed by atoms with E-state index >= 15 is 0 Å². The van der Waals surface area contributed by atoms with Gasteiger partial charge in [-0.05, 0) is 69.8 Å². The number of carbonyl (C=O) groups is 2. The van der Waals surface area contributed by atoms with Gasteiger partial charge in [-0.15, -0.1) is 0 Å². The number of benzene rings is 1. The Hall–Kier alpha value is -2.79. The van der Waals surface area contributed by atoms with Crippen molar-refractivity contribution in [3.8, 4) is 0 Å². The van der Waals surface area contributed by atoms with Crippen LogP contribution in [0.2, 0.25) is 0 Å². The highest BCUT2D eigenvalue weighted by Crippen LogP contribution is 2.44. The maximum Gasteiger partial charge on any atom is 0.254 e. The first-order valence-corrected chi connectivity index (χ1v) is 14.9. The normalized spacial score (nSPS) is 22.0. The van der Waals surface area contributed by atoms with Gasteiger partial charge in [-0.1, -0.05) is 68.9 Å². The number of aromatic nitrogens is 1. The molecule has 3 heterocycles. The third kappa shape index (κ3) is 6.26. The molecule has 1 atom stereocenters. The van der Waals surface area contributed by atoms with Gasteiger partial charge in [-0.3, -0.25) is 14.6 Å². The van der Waals surface area contributed by atoms with Gasteiger partial charge in [-0.2, -0.15) is 0 Å². The summed E-state index contributed by atoms with van der Waals surface area (Å²) >= 11 is 0. The highest BCUT2D eigenvalue weighted by molar-refractivity contribution is 6.09. The number of pyridine rings is 1. The van der Waals surface area contributed by atoms with Crippen LogP contribution in [-0.4, -0.2) is 41.2 Å². The van der Waals surface area contributed by atoms with E-state index in [1.165, 1.54) is 70.0 Å². The van der Waals surface area contributed by atoms with E-state index in [1.54, 1.807) is 6.20 Å². The molecule has 0 radical (unpaired) electrons. The van der Waals surface area contributed by atoms with Gasteiger partial charge in [0.2, 0.25) is 0 Å². The Morgan fingerprint density at radius 3 is 2.47 bits per heavy atom. The summed E-state index contributed by atoms with van der Waals surface area (Å²) in [5.74, 6) is 1.12. The van der Waals surface area contributed by atoms with Crippen LogP contribution in [0.1, 0.15) is 105 Å². The van der Waals surface area contributed by atoms with Gasteiger partial charge >= 0.3 is 0 Å². The van der Waals surface area contributed by atoms with Gasteiger partial charge in [-0.25, -0.2) is 0 Å². The highest BCUT2D eigenvalue weighted by Gasteiger charge is 2.36. The van der Waals surface area contributed by atoms with Crippen molar-refractivity contribution < 1.29 is 9.59 Å². The molecule has 5 rings (SSSR count). The Bertz CT molecular complexity index is 1130. The molecular weight excluding hydrogens is 470 g/mol. The second kappa shape index (κ2) is 12.8. The molecule has 1 amide bonds. The summed E-state index contributed by atoms with van der Waals surface area (Å²) in [6.07, 6.45) is 18.7. The molecule has 1 aromatic heterocycles. The minimum atomic E-state index is 0.102. The summed E-state index contributed by atoms with van der Waals surface area (Å²) in [6, 6.07) is 9.88. The van der Waals surface area contributed by atoms with E-state index in [-0.39, 0.29) is 17.6 Å². The van der Waals surface area contributed by atoms with E-state index in [4.69, 9.17) is 0 Å². The van der Waals surface area contributed by atoms with Crippen molar-refractivity contribution in [2.24, 2.45) is 5.92 Å². The van der Waals surface area contributed by atoms with E-state index < -0.39 is 0 Å². The molecule has 5 nitrogen and oxygen atoms in total. The lowest BCUT2D eigenvalue weighted by molar-refractivity contribution is -0.115. The molecule has 2 aromatic rings. The lowest BCUT2D eigenvalue weighted by Gasteiger charge is -2.37. The van der Waals surface area contributed by atoms with Crippen LogP contribution in [0, 0.1) is 5.92 Å². The molecule has 1 unspecified atom stereocenters. The first-order chi connectivity index (χ1) is 18.6. The van der Waals surface area contributed by atoms with Gasteiger partial charge < -0.3 is 9.80 Å². The predicted octanol–water partition coefficient (Wildman–Crippen LogP) is 7.08. The van der Waals surface area contributed by atoms with Gasteiger partial charge in [0.05, 0.1) is 12.2 Å². The number of allylic oxidation sites excluding steroid dienone is 1. The van der Waals surface area contributed by atoms with Crippen LogP contribution in [0.4, 0.5) is 5.69 Å². The number of hydrogen-bond acceptors (Lipinski definition) is 4. The van der Waals surface area contributed by atoms with Crippen LogP contribution in [0.5, 0.6) is 0 Å². The average Bonchev–Trinajstić information content (AvgIpc) is 2.96. The van der Waals surface area contributed by atoms with Crippen molar-refractivity contribution in [2.45, 2.75) is 90.0 Å². The molecule has 38 heavy (non-hydrogen) atoms. The molecule has 2 aliphatic heterocycles. The number of amides is 1. The molecule has 2 fully saturated rings. The average molecular weight is 514 g/mol. The summed E-state index contributed by atoms with van der Waals surface area (Å²) in [4.78, 5) is 35.4. The first-order valence-electron chi connectivity index (χ1n) is 14.9. The van der Waals surface area contributed by atoms with Gasteiger partial charge in [0.1, 0.15) is 0 Å². The number of fused-ring (bicyclic) bond motifs is 1. The molecule has 0 N–H and O–H groups in total. The third-order valence-electron chi connectivity index (χ3n) is 8.91. The molecule has 0 spiro atoms. The number of nitrogens with zero attached hydrogens (tertiary/aromatic N) is 3. The number of likely N-dealkylation sites (tertiary alicyclic amines) is 1. The first kappa shape index (κ1) is 26.8. The maximum absolute atomic E-state index is 13.8. The standard InChI is InChI=1S/C33H43N3O2/c1-2-28-29(22-25-10-5-3-6-11-25)30-23-34-18-17-31(30)36(33(28)38)24-26-13-15-27(16-14-26)32(37)12-9-21-35-19-7-4-8-20-35/h2,13-18,23,25,29H,3-12,19-22,24H2,1H3/b28-2+. The SMILES string of the molecule is C/C=C1/C(=O)N(Cc2ccc(C(=O)CCCN3CCCCC3)cc2)c2ccncc2C1CC1CCCCC1. The molecule has 0 bridgehead atoms. The van der Waals surface area contributed by atoms with E-state index in [9.17, 15) is 9.59 Å². The summed E-state index contributed by atoms with van der Waals surface area (Å²) in [7, 11) is 0. The molecular formula is C33H43N3O2. The molecule has 5 heteroatoms. The van der Waals surface area contributed by atoms with Crippen LogP contribution in [0.25, 0.3) is 0 Å². The Morgan fingerprint density at radius 1 is 1.00 bits per heavy atom. The van der Waals surface area contributed by atoms with E-state index in [0.29, 0.717) is 18.9 Å². The quantitative estimate of drug-likeness (QED) is 0.266. The number of piperidine rings is 1. The molecule has 1 saturated carbocycles. The fraction of sp³-hybridized carbons (Fsp3) is 0.545. The largest absolute Gasteiger partial charge is 0.304 e. The van der Waals surface area contributed by atoms with E-state index in [2.05, 4.69) is 9.88 Å². The van der Waals surface area contributed by atoms with Crippen LogP contribution in [-0.2, 0) is 11.3 Å². The van der Waals surface area contributed by atoms with E-state index in [1.807, 2.05) is 54.4 Å². The van der Waals surface area contributed by atoms with Crippen molar-refractivity contribution in [1.29, 1.82) is 0 Å². The monoisotopic (exact) mass is 513 g/mol. The Labute approximate surface area is 228 Å². The Balaban J connectivity index is 1.25. The minimum Gasteiger partial charge on any atom is -0.304 e. The van der Waals surface area contributed by atoms with Crippen LogP contribution < -0.4 is 4.90 Å². The van der Waals surface area contributed by atoms with Gasteiger partial charge in [0.15, 0.2) is 5.78 Å². The molecule has 1 saturated heterocycles. The predicted molar refractivity (Wildman–Crippen MR) is 153 cm³/mol. The molecule has 1 aliphatic carbocycles. The fourth-order valence-corrected chi connectivity index (χ4v) is 6.76. The second-order valence-corrected chi connectivity index (χ2v) is 11.5. The molecule has 202 valence electrons. The number of hydrogen-bond donors (Lipinski definition) is 0. The summed E-state index contributed by atoms with van der Waals surface area (Å²) in [5, 5.41) is 0. The van der Waals surface area contributed by atoms with Gasteiger partial charge in [0, 0.05) is 41.4 Å². The number of carbonyl (C=O) groups excluding carboxylic acids is 2. The Morgan fingerprint density at radius 2 is 1.74 bits per heavy atom. The molecule has 3 aliphatic rings. The van der Waals surface area contributed by atoms with Crippen molar-refractivity contribution in [1.82, 2.24) is 9.88 Å². The number of Topliss-reactive ketones (excluding diaryl/α,β-unsaturated/α-hetero) is 1. The fourth-order valence-electron chi connectivity index (χ4n) is 6.76. The second-order valence-electron chi connectivity index (χ2n) is 11.5. The lowest BCUT2D eigenvalue weighted by Crippen LogP contribution is -2.38. The van der Waals surface area contributed by atoms with Gasteiger partial charge in [0.25, 0.3) is 5.91 Å². The zero-order chi connectivity index (χ0) is 26.3. The van der Waals surface area contributed by atoms with Crippen LogP contribution in [0.15, 0.2) is 54.4 Å². The molecule has 1 aromatic carbocycles. The van der Waals surface area contributed by atoms with Crippen LogP contribution in [0.3, 0.4) is 0 Å².